The van der Waals surface area contributed by atoms with Gasteiger partial charge in [-0.1, -0.05) is 6.07 Å². The Labute approximate surface area is 70.4 Å². The van der Waals surface area contributed by atoms with Crippen LogP contribution >= 0.6 is 11.8 Å². The molecular weight excluding hydrogens is 156 g/mol. The van der Waals surface area contributed by atoms with Gasteiger partial charge < -0.3 is 0 Å². The maximum atomic E-state index is 4.28. The van der Waals surface area contributed by atoms with Gasteiger partial charge in [0.15, 0.2) is 0 Å². The first-order valence-electron chi connectivity index (χ1n) is 3.73. The molecule has 1 unspecified atom stereocenters. The van der Waals surface area contributed by atoms with Crippen LogP contribution in [0.3, 0.4) is 0 Å². The van der Waals surface area contributed by atoms with Crippen molar-refractivity contribution in [3.8, 4) is 0 Å². The molecule has 2 nitrogen and oxygen atoms in total. The van der Waals surface area contributed by atoms with Gasteiger partial charge in [-0.15, -0.1) is 11.8 Å². The van der Waals surface area contributed by atoms with Crippen molar-refractivity contribution in [1.29, 1.82) is 0 Å². The maximum absolute atomic E-state index is 4.28. The third-order valence-electron chi connectivity index (χ3n) is 1.67. The van der Waals surface area contributed by atoms with E-state index in [1.165, 1.54) is 5.75 Å². The van der Waals surface area contributed by atoms with Crippen molar-refractivity contribution < 1.29 is 0 Å². The number of nitrogens with one attached hydrogen (secondary N) is 1. The van der Waals surface area contributed by atoms with Crippen LogP contribution in [-0.4, -0.2) is 17.3 Å². The second-order valence-electron chi connectivity index (χ2n) is 2.46. The molecule has 0 aliphatic carbocycles. The first-order chi connectivity index (χ1) is 5.47. The second kappa shape index (κ2) is 3.24. The molecule has 1 aliphatic rings. The van der Waals surface area contributed by atoms with Gasteiger partial charge in [-0.3, -0.25) is 10.3 Å². The lowest BCUT2D eigenvalue weighted by molar-refractivity contribution is 0.732. The monoisotopic (exact) mass is 166 g/mol. The smallest absolute Gasteiger partial charge is 0.0962 e. The van der Waals surface area contributed by atoms with Gasteiger partial charge in [-0.05, 0) is 12.1 Å². The summed E-state index contributed by atoms with van der Waals surface area (Å²) in [7, 11) is 0. The molecule has 11 heavy (non-hydrogen) atoms. The fourth-order valence-corrected chi connectivity index (χ4v) is 2.16. The molecule has 1 fully saturated rings. The Morgan fingerprint density at radius 2 is 2.55 bits per heavy atom. The van der Waals surface area contributed by atoms with E-state index in [0.717, 1.165) is 12.2 Å². The van der Waals surface area contributed by atoms with E-state index in [1.54, 1.807) is 0 Å². The SMILES string of the molecule is c1ccc(C2NCCS2)nc1. The Balaban J connectivity index is 2.16. The third kappa shape index (κ3) is 1.54. The van der Waals surface area contributed by atoms with Crippen LogP contribution < -0.4 is 5.32 Å². The minimum atomic E-state index is 0.427. The highest BCUT2D eigenvalue weighted by Gasteiger charge is 2.16. The lowest BCUT2D eigenvalue weighted by atomic mass is 10.3. The summed E-state index contributed by atoms with van der Waals surface area (Å²) in [6.07, 6.45) is 1.84. The van der Waals surface area contributed by atoms with Gasteiger partial charge in [0.2, 0.25) is 0 Å². The van der Waals surface area contributed by atoms with Crippen molar-refractivity contribution in [3.63, 3.8) is 0 Å². The minimum absolute atomic E-state index is 0.427. The fourth-order valence-electron chi connectivity index (χ4n) is 1.15. The molecule has 58 valence electrons. The molecule has 1 saturated heterocycles. The largest absolute Gasteiger partial charge is 0.300 e. The third-order valence-corrected chi connectivity index (χ3v) is 2.85. The van der Waals surface area contributed by atoms with Crippen molar-refractivity contribution in [2.24, 2.45) is 0 Å². The molecule has 1 N–H and O–H groups in total. The summed E-state index contributed by atoms with van der Waals surface area (Å²) < 4.78 is 0. The van der Waals surface area contributed by atoms with Crippen LogP contribution in [0.1, 0.15) is 11.1 Å². The Morgan fingerprint density at radius 3 is 3.18 bits per heavy atom. The quantitative estimate of drug-likeness (QED) is 0.683. The molecule has 2 heterocycles. The van der Waals surface area contributed by atoms with Crippen molar-refractivity contribution in [1.82, 2.24) is 10.3 Å². The number of rotatable bonds is 1. The lowest BCUT2D eigenvalue weighted by Gasteiger charge is -2.06. The van der Waals surface area contributed by atoms with Crippen LogP contribution in [-0.2, 0) is 0 Å². The van der Waals surface area contributed by atoms with Gasteiger partial charge in [0, 0.05) is 18.5 Å². The topological polar surface area (TPSA) is 24.9 Å². The molecule has 0 amide bonds. The molecule has 0 aromatic carbocycles. The molecule has 2 rings (SSSR count). The summed E-state index contributed by atoms with van der Waals surface area (Å²) in [4.78, 5) is 4.28. The van der Waals surface area contributed by atoms with Crippen molar-refractivity contribution in [2.75, 3.05) is 12.3 Å². The molecule has 1 aliphatic heterocycles. The molecule has 0 bridgehead atoms. The van der Waals surface area contributed by atoms with E-state index in [0.29, 0.717) is 5.37 Å². The van der Waals surface area contributed by atoms with Crippen LogP contribution in [0.2, 0.25) is 0 Å². The summed E-state index contributed by atoms with van der Waals surface area (Å²) in [6.45, 7) is 1.10. The van der Waals surface area contributed by atoms with Gasteiger partial charge in [-0.25, -0.2) is 0 Å². The molecule has 0 saturated carbocycles. The summed E-state index contributed by atoms with van der Waals surface area (Å²) in [5.74, 6) is 1.20. The predicted octanol–water partition coefficient (Wildman–Crippen LogP) is 1.42. The van der Waals surface area contributed by atoms with E-state index in [-0.39, 0.29) is 0 Å². The average Bonchev–Trinajstić information content (AvgIpc) is 2.58. The van der Waals surface area contributed by atoms with Gasteiger partial charge >= 0.3 is 0 Å². The number of nitrogens with zero attached hydrogens (tertiary/aromatic N) is 1. The van der Waals surface area contributed by atoms with E-state index < -0.39 is 0 Å². The number of hydrogen-bond donors (Lipinski definition) is 1. The Bertz CT molecular complexity index is 219. The van der Waals surface area contributed by atoms with Crippen LogP contribution in [0.15, 0.2) is 24.4 Å². The van der Waals surface area contributed by atoms with E-state index in [9.17, 15) is 0 Å². The van der Waals surface area contributed by atoms with Gasteiger partial charge in [0.1, 0.15) is 0 Å². The van der Waals surface area contributed by atoms with Gasteiger partial charge in [0.25, 0.3) is 0 Å². The van der Waals surface area contributed by atoms with Crippen molar-refractivity contribution >= 4 is 11.8 Å². The molecule has 1 aromatic rings. The first-order valence-corrected chi connectivity index (χ1v) is 4.77. The standard InChI is InChI=1S/C8H10N2S/c1-2-4-9-7(3-1)8-10-5-6-11-8/h1-4,8,10H,5-6H2. The van der Waals surface area contributed by atoms with Gasteiger partial charge in [-0.2, -0.15) is 0 Å². The highest BCUT2D eigenvalue weighted by Crippen LogP contribution is 2.27. The number of thioether (sulfide) groups is 1. The van der Waals surface area contributed by atoms with Crippen LogP contribution in [0.5, 0.6) is 0 Å². The molecule has 3 heteroatoms. The summed E-state index contributed by atoms with van der Waals surface area (Å²) >= 11 is 1.92. The summed E-state index contributed by atoms with van der Waals surface area (Å²) in [5.41, 5.74) is 1.15. The number of hydrogen-bond acceptors (Lipinski definition) is 3. The van der Waals surface area contributed by atoms with Crippen molar-refractivity contribution in [2.45, 2.75) is 5.37 Å². The Kier molecular flexibility index (Phi) is 2.10. The number of aromatic nitrogens is 1. The first kappa shape index (κ1) is 7.13. The highest BCUT2D eigenvalue weighted by atomic mass is 32.2. The zero-order valence-electron chi connectivity index (χ0n) is 6.16. The van der Waals surface area contributed by atoms with Gasteiger partial charge in [0.05, 0.1) is 11.1 Å². The van der Waals surface area contributed by atoms with Crippen LogP contribution in [0.25, 0.3) is 0 Å². The Hall–Kier alpha value is -0.540. The fraction of sp³-hybridized carbons (Fsp3) is 0.375. The maximum Gasteiger partial charge on any atom is 0.0962 e. The van der Waals surface area contributed by atoms with Crippen molar-refractivity contribution in [3.05, 3.63) is 30.1 Å². The Morgan fingerprint density at radius 1 is 1.55 bits per heavy atom. The van der Waals surface area contributed by atoms with E-state index in [1.807, 2.05) is 30.1 Å². The zero-order chi connectivity index (χ0) is 7.52. The minimum Gasteiger partial charge on any atom is -0.300 e. The van der Waals surface area contributed by atoms with E-state index in [2.05, 4.69) is 16.4 Å². The van der Waals surface area contributed by atoms with Crippen LogP contribution in [0.4, 0.5) is 0 Å². The lowest BCUT2D eigenvalue weighted by Crippen LogP contribution is -2.12. The molecule has 0 radical (unpaired) electrons. The highest BCUT2D eigenvalue weighted by molar-refractivity contribution is 7.99. The molecule has 1 aromatic heterocycles. The summed E-state index contributed by atoms with van der Waals surface area (Å²) in [6, 6.07) is 6.04. The molecule has 1 atom stereocenters. The normalized spacial score (nSPS) is 23.8. The molecular formula is C8H10N2S. The summed E-state index contributed by atoms with van der Waals surface area (Å²) in [5, 5.41) is 3.80. The van der Waals surface area contributed by atoms with E-state index in [4.69, 9.17) is 0 Å². The van der Waals surface area contributed by atoms with E-state index >= 15 is 0 Å². The molecule has 0 spiro atoms. The van der Waals surface area contributed by atoms with Crippen LogP contribution in [0, 0.1) is 0 Å². The predicted molar refractivity (Wildman–Crippen MR) is 47.4 cm³/mol. The second-order valence-corrected chi connectivity index (χ2v) is 3.67. The average molecular weight is 166 g/mol. The zero-order valence-corrected chi connectivity index (χ0v) is 6.97. The number of pyridine rings is 1.